The smallest absolute Gasteiger partial charge is 0.457 e. The van der Waals surface area contributed by atoms with E-state index in [1.54, 1.807) is 11.1 Å². The minimum atomic E-state index is -0.532. The number of fused-ring (bicyclic) bond motifs is 9. The minimum Gasteiger partial charge on any atom is -0.457 e. The highest BCUT2D eigenvalue weighted by molar-refractivity contribution is 6.72. The quantitative estimate of drug-likeness (QED) is 0.0280. The highest BCUT2D eigenvalue weighted by atomic mass is 16.7. The first kappa shape index (κ1) is 75.6. The van der Waals surface area contributed by atoms with Gasteiger partial charge in [0.15, 0.2) is 0 Å². The fourth-order valence-corrected chi connectivity index (χ4v) is 18.5. The maximum atomic E-state index is 6.01. The van der Waals surface area contributed by atoms with Crippen LogP contribution in [0, 0.1) is 0 Å². The van der Waals surface area contributed by atoms with Gasteiger partial charge in [0.1, 0.15) is 0 Å². The van der Waals surface area contributed by atoms with Crippen molar-refractivity contribution >= 4 is 55.9 Å². The highest BCUT2D eigenvalue weighted by Gasteiger charge is 2.47. The molecule has 12 heteroatoms. The Balaban J connectivity index is 1.01. The number of hydrogen-bond acceptors (Lipinski definition) is 6. The molecule has 11 rings (SSSR count). The maximum absolute atomic E-state index is 6.01. The Bertz CT molecular complexity index is 3190. The lowest BCUT2D eigenvalue weighted by Gasteiger charge is -2.34. The number of benzene rings is 6. The Morgan fingerprint density at radius 3 is 0.646 bits per heavy atom. The van der Waals surface area contributed by atoms with Crippen LogP contribution < -0.4 is 10.9 Å². The second kappa shape index (κ2) is 38.8. The zero-order valence-corrected chi connectivity index (χ0v) is 62.5. The van der Waals surface area contributed by atoms with Crippen molar-refractivity contribution in [2.45, 2.75) is 327 Å². The van der Waals surface area contributed by atoms with Gasteiger partial charge in [-0.25, -0.2) is 0 Å². The molecule has 6 nitrogen and oxygen atoms in total. The average Bonchev–Trinajstić information content (AvgIpc) is 1.57. The van der Waals surface area contributed by atoms with Gasteiger partial charge in [0, 0.05) is 16.2 Å². The predicted molar refractivity (Wildman–Crippen MR) is 424 cm³/mol. The molecule has 0 unspecified atom stereocenters. The average molecular weight is 1330 g/mol. The van der Waals surface area contributed by atoms with Crippen molar-refractivity contribution in [2.75, 3.05) is 0 Å². The Labute approximate surface area is 605 Å². The molecule has 0 aromatic heterocycles. The molecule has 0 spiro atoms. The van der Waals surface area contributed by atoms with Gasteiger partial charge >= 0.3 is 45.0 Å². The summed E-state index contributed by atoms with van der Waals surface area (Å²) >= 11 is 0. The van der Waals surface area contributed by atoms with Gasteiger partial charge in [0.05, 0.1) is 0 Å². The second-order valence-corrected chi connectivity index (χ2v) is 30.9. The van der Waals surface area contributed by atoms with Gasteiger partial charge in [0.2, 0.25) is 0 Å². The van der Waals surface area contributed by atoms with Crippen molar-refractivity contribution in [1.82, 2.24) is 0 Å². The summed E-state index contributed by atoms with van der Waals surface area (Å²) in [7, 11) is 4.58. The highest BCUT2D eigenvalue weighted by Crippen LogP contribution is 2.60. The van der Waals surface area contributed by atoms with Crippen LogP contribution in [0.25, 0.3) is 55.6 Å². The van der Waals surface area contributed by atoms with Gasteiger partial charge in [0.25, 0.3) is 0 Å². The van der Waals surface area contributed by atoms with Gasteiger partial charge < -0.3 is 27.4 Å². The molecule has 522 valence electrons. The summed E-state index contributed by atoms with van der Waals surface area (Å²) in [6.45, 7) is 14.0. The molecular weight excluding hydrogens is 1210 g/mol. The normalized spacial score (nSPS) is 15.7. The molecule has 99 heavy (non-hydrogen) atoms. The van der Waals surface area contributed by atoms with E-state index in [2.05, 4.69) is 151 Å². The Morgan fingerprint density at radius 1 is 0.232 bits per heavy atom. The van der Waals surface area contributed by atoms with Crippen molar-refractivity contribution in [3.05, 3.63) is 143 Å². The van der Waals surface area contributed by atoms with Crippen molar-refractivity contribution in [2.24, 2.45) is 0 Å². The van der Waals surface area contributed by atoms with E-state index in [0.717, 1.165) is 36.6 Å². The first-order chi connectivity index (χ1) is 48.9. The summed E-state index contributed by atoms with van der Waals surface area (Å²) in [6.07, 6.45) is 53.3. The summed E-state index contributed by atoms with van der Waals surface area (Å²) in [5.41, 5.74) is 24.8. The zero-order valence-electron chi connectivity index (χ0n) is 62.5. The van der Waals surface area contributed by atoms with E-state index >= 15 is 0 Å². The Kier molecular flexibility index (Phi) is 29.7. The molecule has 2 saturated heterocycles. The Morgan fingerprint density at radius 2 is 0.424 bits per heavy atom. The van der Waals surface area contributed by atoms with Crippen LogP contribution in [0.4, 0.5) is 0 Å². The van der Waals surface area contributed by atoms with Gasteiger partial charge in [-0.05, 0) is 163 Å². The summed E-state index contributed by atoms with van der Waals surface area (Å²) in [5.74, 6) is 0. The van der Waals surface area contributed by atoms with Gasteiger partial charge in [-0.15, -0.1) is 0 Å². The molecule has 2 heterocycles. The largest absolute Gasteiger partial charge is 0.465 e. The molecule has 3 aliphatic carbocycles. The molecule has 0 saturated carbocycles. The SMILES string of the molecule is CCCCCCCCC1(CCCCCCCC)c2cc(B3O[B]O[B]O3)ccc2-c2ccc(-c3ccc4c(c3)C(CCCCCCCC)(CCCCCCCC)c3cc(-c5ccc6c(c5)C(CCCCCCCC)(CCCCCCCC)c5cc(B7O[B]O[B]O7)ccc5-6)ccc3-4)cc21. The van der Waals surface area contributed by atoms with Crippen LogP contribution in [-0.4, -0.2) is 45.0 Å². The van der Waals surface area contributed by atoms with E-state index in [4.69, 9.17) is 27.4 Å². The van der Waals surface area contributed by atoms with E-state index in [9.17, 15) is 0 Å². The molecule has 6 aromatic carbocycles. The third kappa shape index (κ3) is 18.2. The van der Waals surface area contributed by atoms with E-state index in [-0.39, 0.29) is 16.2 Å². The van der Waals surface area contributed by atoms with Gasteiger partial charge in [-0.3, -0.25) is 0 Å². The van der Waals surface area contributed by atoms with Crippen LogP contribution in [0.3, 0.4) is 0 Å². The fourth-order valence-electron chi connectivity index (χ4n) is 18.5. The van der Waals surface area contributed by atoms with Crippen molar-refractivity contribution in [3.63, 3.8) is 0 Å². The molecule has 0 bridgehead atoms. The van der Waals surface area contributed by atoms with Crippen molar-refractivity contribution in [3.8, 4) is 55.6 Å². The van der Waals surface area contributed by atoms with Gasteiger partial charge in [-0.2, -0.15) is 0 Å². The lowest BCUT2D eigenvalue weighted by molar-refractivity contribution is 0.332. The first-order valence-corrected chi connectivity index (χ1v) is 40.9. The standard InChI is InChI=1S/C87H120B6O6/c1-7-13-19-25-31-37-55-85(56-38-32-26-20-14-8-2)79-61-67(69-45-51-75-77-53-47-71(92-96-88-94-89-97-92)65-83(77)86(81(75)63-69,57-39-33-27-21-15-9-3)58-40-34-28-22-16-10-4)43-49-73(79)74-50-44-68(62-80(74)85)70-46-52-76-78-54-48-72(93-98-90-95-91-99-93)66-84(78)87(82(76)64-70,59-41-35-29-23-17-11-5)60-42-36-30-24-18-12-6/h43-54,61-66H,7-42,55-60H2,1-6H3. The molecule has 2 aliphatic heterocycles. The van der Waals surface area contributed by atoms with Crippen molar-refractivity contribution < 1.29 is 27.4 Å². The molecule has 4 radical (unpaired) electrons. The lowest BCUT2D eigenvalue weighted by atomic mass is 9.67. The summed E-state index contributed by atoms with van der Waals surface area (Å²) in [4.78, 5) is 0. The summed E-state index contributed by atoms with van der Waals surface area (Å²) in [6, 6.07) is 45.1. The molecule has 0 atom stereocenters. The zero-order chi connectivity index (χ0) is 68.5. The van der Waals surface area contributed by atoms with E-state index in [0.29, 0.717) is 0 Å². The third-order valence-corrected chi connectivity index (χ3v) is 24.0. The molecule has 0 amide bonds. The van der Waals surface area contributed by atoms with Crippen LogP contribution in [0.2, 0.25) is 0 Å². The molecule has 6 aromatic rings. The molecule has 2 fully saturated rings. The van der Waals surface area contributed by atoms with Crippen LogP contribution >= 0.6 is 0 Å². The molecule has 5 aliphatic rings. The maximum Gasteiger partial charge on any atom is 0.465 e. The number of hydrogen-bond donors (Lipinski definition) is 0. The number of rotatable bonds is 46. The summed E-state index contributed by atoms with van der Waals surface area (Å²) < 4.78 is 34.6. The second-order valence-electron chi connectivity index (χ2n) is 30.9. The third-order valence-electron chi connectivity index (χ3n) is 24.0. The topological polar surface area (TPSA) is 55.4 Å². The monoisotopic (exact) mass is 1330 g/mol. The van der Waals surface area contributed by atoms with Crippen LogP contribution in [0.15, 0.2) is 109 Å². The van der Waals surface area contributed by atoms with Crippen molar-refractivity contribution in [1.29, 1.82) is 0 Å². The lowest BCUT2D eigenvalue weighted by Crippen LogP contribution is -2.44. The van der Waals surface area contributed by atoms with Gasteiger partial charge in [-0.1, -0.05) is 358 Å². The van der Waals surface area contributed by atoms with Crippen LogP contribution in [-0.2, 0) is 43.7 Å². The van der Waals surface area contributed by atoms with E-state index in [1.165, 1.54) is 353 Å². The van der Waals surface area contributed by atoms with E-state index < -0.39 is 14.2 Å². The first-order valence-electron chi connectivity index (χ1n) is 40.9. The minimum absolute atomic E-state index is 0.107. The number of unbranched alkanes of at least 4 members (excludes halogenated alkanes) is 30. The fraction of sp³-hybridized carbons (Fsp3) is 0.586. The Hall–Kier alpha value is -4.53. The van der Waals surface area contributed by atoms with E-state index in [1.807, 2.05) is 0 Å². The van der Waals surface area contributed by atoms with Crippen LogP contribution in [0.1, 0.15) is 345 Å². The molecular formula is C87H120B6O6. The van der Waals surface area contributed by atoms with Crippen LogP contribution in [0.5, 0.6) is 0 Å². The summed E-state index contributed by atoms with van der Waals surface area (Å²) in [5, 5.41) is 0. The molecule has 0 N–H and O–H groups in total. The predicted octanol–water partition coefficient (Wildman–Crippen LogP) is 24.0.